The van der Waals surface area contributed by atoms with Gasteiger partial charge in [0.15, 0.2) is 0 Å². The van der Waals surface area contributed by atoms with Gasteiger partial charge in [-0.15, -0.1) is 0 Å². The van der Waals surface area contributed by atoms with Crippen LogP contribution in [-0.4, -0.2) is 16.1 Å². The van der Waals surface area contributed by atoms with Gasteiger partial charge >= 0.3 is 0 Å². The van der Waals surface area contributed by atoms with Crippen LogP contribution in [0.25, 0.3) is 11.1 Å². The zero-order chi connectivity index (χ0) is 16.9. The van der Waals surface area contributed by atoms with Crippen LogP contribution in [0.3, 0.4) is 0 Å². The molecule has 24 heavy (non-hydrogen) atoms. The van der Waals surface area contributed by atoms with E-state index in [9.17, 15) is 4.79 Å². The van der Waals surface area contributed by atoms with Gasteiger partial charge < -0.3 is 5.32 Å². The molecule has 1 atom stereocenters. The molecule has 3 rings (SSSR count). The number of nitrogens with one attached hydrogen (secondary N) is 2. The van der Waals surface area contributed by atoms with Gasteiger partial charge in [-0.1, -0.05) is 42.8 Å². The zero-order valence-electron chi connectivity index (χ0n) is 13.3. The van der Waals surface area contributed by atoms with E-state index in [4.69, 9.17) is 11.6 Å². The summed E-state index contributed by atoms with van der Waals surface area (Å²) >= 11 is 6.04. The number of benzene rings is 2. The van der Waals surface area contributed by atoms with Crippen molar-refractivity contribution in [3.8, 4) is 11.1 Å². The highest BCUT2D eigenvalue weighted by Gasteiger charge is 2.19. The largest absolute Gasteiger partial charge is 0.326 e. The molecule has 122 valence electrons. The number of anilines is 1. The minimum Gasteiger partial charge on any atom is -0.326 e. The van der Waals surface area contributed by atoms with Crippen molar-refractivity contribution in [1.82, 2.24) is 10.2 Å². The number of hydrogen-bond acceptors (Lipinski definition) is 2. The van der Waals surface area contributed by atoms with Crippen LogP contribution in [-0.2, 0) is 4.79 Å². The number of aromatic amines is 1. The maximum Gasteiger partial charge on any atom is 0.231 e. The SMILES string of the molecule is CCC(C(=O)Nc1ccc(-c2cn[nH]c2)cc1)c1cccc(Cl)c1. The first-order chi connectivity index (χ1) is 11.7. The first-order valence-electron chi connectivity index (χ1n) is 7.83. The number of H-pyrrole nitrogens is 1. The van der Waals surface area contributed by atoms with Crippen LogP contribution in [0, 0.1) is 0 Å². The molecule has 1 amide bonds. The lowest BCUT2D eigenvalue weighted by molar-refractivity contribution is -0.117. The normalized spacial score (nSPS) is 11.9. The number of amides is 1. The summed E-state index contributed by atoms with van der Waals surface area (Å²) in [4.78, 5) is 12.6. The summed E-state index contributed by atoms with van der Waals surface area (Å²) in [5.74, 6) is -0.256. The second-order valence-corrected chi connectivity index (χ2v) is 6.01. The Morgan fingerprint density at radius 1 is 1.21 bits per heavy atom. The monoisotopic (exact) mass is 339 g/mol. The fraction of sp³-hybridized carbons (Fsp3) is 0.158. The highest BCUT2D eigenvalue weighted by Crippen LogP contribution is 2.25. The molecule has 5 heteroatoms. The number of carbonyl (C=O) groups excluding carboxylic acids is 1. The average Bonchev–Trinajstić information content (AvgIpc) is 3.11. The third kappa shape index (κ3) is 3.66. The first-order valence-corrected chi connectivity index (χ1v) is 8.20. The van der Waals surface area contributed by atoms with Gasteiger partial charge in [0.05, 0.1) is 12.1 Å². The standard InChI is InChI=1S/C19H18ClN3O/c1-2-18(14-4-3-5-16(20)10-14)19(24)23-17-8-6-13(7-9-17)15-11-21-22-12-15/h3-12,18H,2H2,1H3,(H,21,22)(H,23,24). The summed E-state index contributed by atoms with van der Waals surface area (Å²) in [6, 6.07) is 15.2. The highest BCUT2D eigenvalue weighted by atomic mass is 35.5. The van der Waals surface area contributed by atoms with Gasteiger partial charge in [-0.05, 0) is 41.8 Å². The average molecular weight is 340 g/mol. The van der Waals surface area contributed by atoms with Crippen molar-refractivity contribution in [2.45, 2.75) is 19.3 Å². The van der Waals surface area contributed by atoms with Crippen molar-refractivity contribution in [2.75, 3.05) is 5.32 Å². The van der Waals surface area contributed by atoms with E-state index in [2.05, 4.69) is 15.5 Å². The van der Waals surface area contributed by atoms with E-state index in [-0.39, 0.29) is 11.8 Å². The topological polar surface area (TPSA) is 57.8 Å². The Kier molecular flexibility index (Phi) is 4.96. The summed E-state index contributed by atoms with van der Waals surface area (Å²) in [5, 5.41) is 10.3. The van der Waals surface area contributed by atoms with Crippen LogP contribution in [0.1, 0.15) is 24.8 Å². The molecule has 0 radical (unpaired) electrons. The fourth-order valence-electron chi connectivity index (χ4n) is 2.68. The van der Waals surface area contributed by atoms with Crippen LogP contribution < -0.4 is 5.32 Å². The Morgan fingerprint density at radius 3 is 2.62 bits per heavy atom. The lowest BCUT2D eigenvalue weighted by atomic mass is 9.95. The van der Waals surface area contributed by atoms with E-state index in [1.807, 2.05) is 61.7 Å². The smallest absolute Gasteiger partial charge is 0.231 e. The van der Waals surface area contributed by atoms with Crippen LogP contribution in [0.5, 0.6) is 0 Å². The van der Waals surface area contributed by atoms with Crippen molar-refractivity contribution in [1.29, 1.82) is 0 Å². The molecule has 0 saturated heterocycles. The van der Waals surface area contributed by atoms with Crippen LogP contribution >= 0.6 is 11.6 Å². The second-order valence-electron chi connectivity index (χ2n) is 5.57. The Balaban J connectivity index is 1.73. The number of hydrogen-bond donors (Lipinski definition) is 2. The van der Waals surface area contributed by atoms with E-state index in [1.165, 1.54) is 0 Å². The molecule has 1 unspecified atom stereocenters. The molecule has 0 fully saturated rings. The molecule has 1 heterocycles. The molecule has 2 N–H and O–H groups in total. The minimum absolute atomic E-state index is 0.0316. The lowest BCUT2D eigenvalue weighted by Gasteiger charge is -2.16. The van der Waals surface area contributed by atoms with Gasteiger partial charge in [0.25, 0.3) is 0 Å². The maximum atomic E-state index is 12.6. The number of carbonyl (C=O) groups is 1. The van der Waals surface area contributed by atoms with E-state index >= 15 is 0 Å². The van der Waals surface area contributed by atoms with E-state index in [0.29, 0.717) is 11.4 Å². The molecule has 0 spiro atoms. The number of rotatable bonds is 5. The van der Waals surface area contributed by atoms with Gasteiger partial charge in [0.2, 0.25) is 5.91 Å². The molecule has 0 aliphatic heterocycles. The van der Waals surface area contributed by atoms with Gasteiger partial charge in [-0.3, -0.25) is 9.89 Å². The Morgan fingerprint density at radius 2 is 2.00 bits per heavy atom. The van der Waals surface area contributed by atoms with Gasteiger partial charge in [-0.2, -0.15) is 5.10 Å². The molecule has 0 saturated carbocycles. The van der Waals surface area contributed by atoms with Crippen LogP contribution in [0.15, 0.2) is 60.9 Å². The molecule has 0 bridgehead atoms. The third-order valence-corrected chi connectivity index (χ3v) is 4.19. The van der Waals surface area contributed by atoms with E-state index in [0.717, 1.165) is 22.4 Å². The Bertz CT molecular complexity index is 813. The van der Waals surface area contributed by atoms with Gasteiger partial charge in [-0.25, -0.2) is 0 Å². The van der Waals surface area contributed by atoms with E-state index < -0.39 is 0 Å². The Labute approximate surface area is 145 Å². The van der Waals surface area contributed by atoms with Crippen molar-refractivity contribution in [3.63, 3.8) is 0 Å². The molecule has 0 aliphatic carbocycles. The van der Waals surface area contributed by atoms with Crippen molar-refractivity contribution in [2.24, 2.45) is 0 Å². The van der Waals surface area contributed by atoms with E-state index in [1.54, 1.807) is 6.20 Å². The Hall–Kier alpha value is -2.59. The molecule has 0 aliphatic rings. The fourth-order valence-corrected chi connectivity index (χ4v) is 2.88. The zero-order valence-corrected chi connectivity index (χ0v) is 14.0. The molecule has 2 aromatic carbocycles. The van der Waals surface area contributed by atoms with Crippen molar-refractivity contribution < 1.29 is 4.79 Å². The van der Waals surface area contributed by atoms with Gasteiger partial charge in [0, 0.05) is 22.5 Å². The number of nitrogens with zero attached hydrogens (tertiary/aromatic N) is 1. The highest BCUT2D eigenvalue weighted by molar-refractivity contribution is 6.30. The number of halogens is 1. The lowest BCUT2D eigenvalue weighted by Crippen LogP contribution is -2.20. The predicted octanol–water partition coefficient (Wildman–Crippen LogP) is 4.86. The summed E-state index contributed by atoms with van der Waals surface area (Å²) in [7, 11) is 0. The molecule has 1 aromatic heterocycles. The maximum absolute atomic E-state index is 12.6. The summed E-state index contributed by atoms with van der Waals surface area (Å²) in [6.45, 7) is 1.99. The molecule has 4 nitrogen and oxygen atoms in total. The van der Waals surface area contributed by atoms with Gasteiger partial charge in [0.1, 0.15) is 0 Å². The van der Waals surface area contributed by atoms with Crippen LogP contribution in [0.4, 0.5) is 5.69 Å². The molecular weight excluding hydrogens is 322 g/mol. The van der Waals surface area contributed by atoms with Crippen molar-refractivity contribution >= 4 is 23.2 Å². The quantitative estimate of drug-likeness (QED) is 0.697. The summed E-state index contributed by atoms with van der Waals surface area (Å²) < 4.78 is 0. The van der Waals surface area contributed by atoms with Crippen LogP contribution in [0.2, 0.25) is 5.02 Å². The third-order valence-electron chi connectivity index (χ3n) is 3.96. The van der Waals surface area contributed by atoms with Crippen molar-refractivity contribution in [3.05, 3.63) is 71.5 Å². The molecule has 3 aromatic rings. The second kappa shape index (κ2) is 7.32. The summed E-state index contributed by atoms with van der Waals surface area (Å²) in [5.41, 5.74) is 3.76. The molecular formula is C19H18ClN3O. The summed E-state index contributed by atoms with van der Waals surface area (Å²) in [6.07, 6.45) is 4.30. The first kappa shape index (κ1) is 16.3. The number of aromatic nitrogens is 2. The predicted molar refractivity (Wildman–Crippen MR) is 97.1 cm³/mol. The minimum atomic E-state index is -0.225.